The Kier molecular flexibility index (Phi) is 8.02. The summed E-state index contributed by atoms with van der Waals surface area (Å²) in [7, 11) is 1.50. The van der Waals surface area contributed by atoms with Gasteiger partial charge >= 0.3 is 11.9 Å². The molecule has 0 saturated heterocycles. The third-order valence-electron chi connectivity index (χ3n) is 15.1. The smallest absolute Gasteiger partial charge is 0.323 e. The Morgan fingerprint density at radius 2 is 1.59 bits per heavy atom. The maximum Gasteiger partial charge on any atom is 0.323 e. The molecule has 4 saturated carbocycles. The summed E-state index contributed by atoms with van der Waals surface area (Å²) in [5, 5.41) is 0. The Morgan fingerprint density at radius 3 is 2.26 bits per heavy atom. The first kappa shape index (κ1) is 33.4. The van der Waals surface area contributed by atoms with E-state index in [1.54, 1.807) is 0 Å². The van der Waals surface area contributed by atoms with Crippen LogP contribution < -0.4 is 5.73 Å². The van der Waals surface area contributed by atoms with E-state index in [4.69, 9.17) is 15.2 Å². The average Bonchev–Trinajstić information content (AvgIpc) is 3.00. The monoisotopic (exact) mass is 631 g/mol. The molecule has 5 aliphatic rings. The SMILES string of the molecule is COC(=O)[C@@]1(C)CC[C@]2(C)CC[C@]3(C)C(=CC(=O)[C@@H]4[C@@]5(C)CC[C@H](OC(=O)[C@@H](N)Cc6ccccc6)C(C)(C)[C@@H]5CC[C@]43C)[C@@H]2C1. The van der Waals surface area contributed by atoms with Crippen LogP contribution in [0.2, 0.25) is 0 Å². The molecule has 4 fully saturated rings. The normalized spacial score (nSPS) is 43.5. The third kappa shape index (κ3) is 4.77. The number of ketones is 1. The lowest BCUT2D eigenvalue weighted by molar-refractivity contribution is -0.211. The van der Waals surface area contributed by atoms with Crippen molar-refractivity contribution in [1.29, 1.82) is 0 Å². The fourth-order valence-corrected chi connectivity index (χ4v) is 12.0. The first-order valence-corrected chi connectivity index (χ1v) is 17.8. The number of ether oxygens (including phenoxy) is 2. The van der Waals surface area contributed by atoms with Gasteiger partial charge in [0.05, 0.1) is 12.5 Å². The van der Waals surface area contributed by atoms with Gasteiger partial charge in [-0.1, -0.05) is 77.4 Å². The highest BCUT2D eigenvalue weighted by Crippen LogP contribution is 2.75. The molecule has 46 heavy (non-hydrogen) atoms. The maximum atomic E-state index is 14.7. The summed E-state index contributed by atoms with van der Waals surface area (Å²) < 4.78 is 11.5. The van der Waals surface area contributed by atoms with Crippen molar-refractivity contribution < 1.29 is 23.9 Å². The predicted molar refractivity (Wildman–Crippen MR) is 179 cm³/mol. The molecular weight excluding hydrogens is 574 g/mol. The molecule has 0 bridgehead atoms. The molecule has 2 N–H and O–H groups in total. The van der Waals surface area contributed by atoms with Crippen LogP contribution in [0.5, 0.6) is 0 Å². The molecule has 6 nitrogen and oxygen atoms in total. The molecule has 0 aliphatic heterocycles. The van der Waals surface area contributed by atoms with Crippen molar-refractivity contribution in [3.63, 3.8) is 0 Å². The van der Waals surface area contributed by atoms with Gasteiger partial charge in [-0.05, 0) is 116 Å². The first-order chi connectivity index (χ1) is 21.4. The Hall–Kier alpha value is -2.47. The molecule has 252 valence electrons. The van der Waals surface area contributed by atoms with Crippen LogP contribution in [0.15, 0.2) is 42.0 Å². The number of carbonyl (C=O) groups is 3. The number of methoxy groups -OCH3 is 1. The quantitative estimate of drug-likeness (QED) is 0.336. The van der Waals surface area contributed by atoms with E-state index in [1.165, 1.54) is 12.7 Å². The van der Waals surface area contributed by atoms with Gasteiger partial charge < -0.3 is 15.2 Å². The summed E-state index contributed by atoms with van der Waals surface area (Å²) in [5.74, 6) is 0.155. The predicted octanol–water partition coefficient (Wildman–Crippen LogP) is 7.62. The second kappa shape index (κ2) is 11.0. The summed E-state index contributed by atoms with van der Waals surface area (Å²) in [6, 6.07) is 9.15. The van der Waals surface area contributed by atoms with Crippen molar-refractivity contribution >= 4 is 17.7 Å². The van der Waals surface area contributed by atoms with E-state index in [2.05, 4.69) is 54.5 Å². The lowest BCUT2D eigenvalue weighted by atomic mass is 9.33. The van der Waals surface area contributed by atoms with Crippen LogP contribution in [0.1, 0.15) is 112 Å². The van der Waals surface area contributed by atoms with Crippen molar-refractivity contribution in [2.75, 3.05) is 7.11 Å². The van der Waals surface area contributed by atoms with Crippen molar-refractivity contribution in [3.05, 3.63) is 47.5 Å². The summed E-state index contributed by atoms with van der Waals surface area (Å²) in [4.78, 5) is 41.0. The minimum absolute atomic E-state index is 0.0920. The van der Waals surface area contributed by atoms with E-state index in [0.29, 0.717) is 6.42 Å². The van der Waals surface area contributed by atoms with E-state index in [1.807, 2.05) is 30.3 Å². The van der Waals surface area contributed by atoms with Crippen LogP contribution in [0.4, 0.5) is 0 Å². The number of hydrogen-bond donors (Lipinski definition) is 1. The molecule has 0 amide bonds. The minimum atomic E-state index is -0.706. The molecule has 0 aromatic heterocycles. The number of carbonyl (C=O) groups excluding carboxylic acids is 3. The number of benzene rings is 1. The maximum absolute atomic E-state index is 14.7. The van der Waals surface area contributed by atoms with Crippen LogP contribution in [-0.2, 0) is 30.3 Å². The lowest BCUT2D eigenvalue weighted by Gasteiger charge is -2.70. The highest BCUT2D eigenvalue weighted by Gasteiger charge is 2.70. The molecular formula is C40H57NO5. The van der Waals surface area contributed by atoms with Gasteiger partial charge in [-0.2, -0.15) is 0 Å². The van der Waals surface area contributed by atoms with Crippen LogP contribution in [0.3, 0.4) is 0 Å². The van der Waals surface area contributed by atoms with Crippen molar-refractivity contribution in [2.45, 2.75) is 125 Å². The number of fused-ring (bicyclic) bond motifs is 7. The lowest BCUT2D eigenvalue weighted by Crippen LogP contribution is -2.67. The number of hydrogen-bond acceptors (Lipinski definition) is 6. The van der Waals surface area contributed by atoms with Gasteiger partial charge in [-0.15, -0.1) is 0 Å². The van der Waals surface area contributed by atoms with E-state index in [-0.39, 0.29) is 68.7 Å². The second-order valence-corrected chi connectivity index (χ2v) is 17.8. The van der Waals surface area contributed by atoms with E-state index in [0.717, 1.165) is 63.4 Å². The molecule has 0 radical (unpaired) electrons. The highest BCUT2D eigenvalue weighted by atomic mass is 16.5. The summed E-state index contributed by atoms with van der Waals surface area (Å²) in [5.41, 5.74) is 7.46. The first-order valence-electron chi connectivity index (χ1n) is 17.8. The van der Waals surface area contributed by atoms with Gasteiger partial charge in [0.1, 0.15) is 12.1 Å². The number of allylic oxidation sites excluding steroid dienone is 2. The van der Waals surface area contributed by atoms with Crippen LogP contribution in [0.25, 0.3) is 0 Å². The molecule has 0 heterocycles. The van der Waals surface area contributed by atoms with Crippen molar-refractivity contribution in [3.8, 4) is 0 Å². The van der Waals surface area contributed by atoms with E-state index in [9.17, 15) is 14.4 Å². The largest absolute Gasteiger partial charge is 0.469 e. The van der Waals surface area contributed by atoms with Gasteiger partial charge in [0.15, 0.2) is 5.78 Å². The molecule has 10 atom stereocenters. The second-order valence-electron chi connectivity index (χ2n) is 17.8. The molecule has 6 rings (SSSR count). The van der Waals surface area contributed by atoms with Gasteiger partial charge in [0, 0.05) is 11.3 Å². The zero-order chi connectivity index (χ0) is 33.5. The van der Waals surface area contributed by atoms with Gasteiger partial charge in [0.25, 0.3) is 0 Å². The average molecular weight is 632 g/mol. The topological polar surface area (TPSA) is 95.7 Å². The van der Waals surface area contributed by atoms with E-state index >= 15 is 0 Å². The van der Waals surface area contributed by atoms with Crippen LogP contribution in [0, 0.1) is 50.2 Å². The standard InChI is InChI=1S/C40H57NO5/c1-35(2)30-14-17-40(7)32(38(30,5)16-15-31(35)46-33(43)28(41)22-25-12-10-9-11-13-25)29(42)23-26-27-24-37(4,34(44)45-8)19-18-36(27,3)20-21-39(26,40)6/h9-13,23,27-28,30-32H,14-22,24,41H2,1-8H3/t27-,28-,30-,31-,32+,36+,37-,38-,39+,40+/m0/s1. The zero-order valence-corrected chi connectivity index (χ0v) is 29.5. The third-order valence-corrected chi connectivity index (χ3v) is 15.1. The fraction of sp³-hybridized carbons (Fsp3) is 0.725. The number of nitrogens with two attached hydrogens (primary N) is 1. The summed E-state index contributed by atoms with van der Waals surface area (Å²) >= 11 is 0. The molecule has 1 aromatic carbocycles. The molecule has 1 aromatic rings. The van der Waals surface area contributed by atoms with Crippen LogP contribution in [-0.4, -0.2) is 37.0 Å². The number of rotatable bonds is 5. The Balaban J connectivity index is 1.28. The minimum Gasteiger partial charge on any atom is -0.469 e. The van der Waals surface area contributed by atoms with Crippen LogP contribution >= 0.6 is 0 Å². The molecule has 5 aliphatic carbocycles. The van der Waals surface area contributed by atoms with Gasteiger partial charge in [0.2, 0.25) is 0 Å². The van der Waals surface area contributed by atoms with Gasteiger partial charge in [-0.25, -0.2) is 0 Å². The Bertz CT molecular complexity index is 1430. The summed E-state index contributed by atoms with van der Waals surface area (Å²) in [6.07, 6.45) is 10.6. The highest BCUT2D eigenvalue weighted by molar-refractivity contribution is 5.95. The molecule has 0 unspecified atom stereocenters. The molecule has 6 heteroatoms. The molecule has 0 spiro atoms. The van der Waals surface area contributed by atoms with E-state index < -0.39 is 11.5 Å². The van der Waals surface area contributed by atoms with Crippen molar-refractivity contribution in [1.82, 2.24) is 0 Å². The fourth-order valence-electron chi connectivity index (χ4n) is 12.0. The Labute approximate surface area is 276 Å². The van der Waals surface area contributed by atoms with Gasteiger partial charge in [-0.3, -0.25) is 14.4 Å². The Morgan fingerprint density at radius 1 is 0.913 bits per heavy atom. The van der Waals surface area contributed by atoms with Crippen molar-refractivity contribution in [2.24, 2.45) is 56.0 Å². The number of esters is 2. The zero-order valence-electron chi connectivity index (χ0n) is 29.5. The summed E-state index contributed by atoms with van der Waals surface area (Å²) in [6.45, 7) is 16.2.